The van der Waals surface area contributed by atoms with Crippen molar-refractivity contribution in [1.29, 1.82) is 0 Å². The van der Waals surface area contributed by atoms with Crippen molar-refractivity contribution >= 4 is 11.7 Å². The minimum atomic E-state index is -0.739. The van der Waals surface area contributed by atoms with Crippen LogP contribution in [0.3, 0.4) is 0 Å². The zero-order valence-corrected chi connectivity index (χ0v) is 9.80. The van der Waals surface area contributed by atoms with Gasteiger partial charge in [-0.25, -0.2) is 0 Å². The molecule has 0 aromatic carbocycles. The Bertz CT molecular complexity index is 443. The zero-order chi connectivity index (χ0) is 12.0. The fourth-order valence-electron chi connectivity index (χ4n) is 3.04. The Hall–Kier alpha value is -1.36. The van der Waals surface area contributed by atoms with Crippen LogP contribution in [0.25, 0.3) is 0 Å². The molecule has 3 unspecified atom stereocenters. The molecule has 17 heavy (non-hydrogen) atoms. The number of nitrogens with zero attached hydrogens (tertiary/aromatic N) is 2. The number of aliphatic hydroxyl groups is 1. The van der Waals surface area contributed by atoms with Crippen LogP contribution in [0.5, 0.6) is 0 Å². The van der Waals surface area contributed by atoms with E-state index in [1.807, 2.05) is 0 Å². The van der Waals surface area contributed by atoms with Gasteiger partial charge in [0, 0.05) is 17.9 Å². The molecule has 1 aromatic heterocycles. The number of aliphatic hydroxyl groups excluding tert-OH is 1. The Balaban J connectivity index is 1.93. The highest BCUT2D eigenvalue weighted by molar-refractivity contribution is 5.97. The summed E-state index contributed by atoms with van der Waals surface area (Å²) in [4.78, 5) is 13.6. The summed E-state index contributed by atoms with van der Waals surface area (Å²) in [6, 6.07) is 1.69. The second-order valence-electron chi connectivity index (χ2n) is 4.97. The molecule has 1 saturated heterocycles. The zero-order valence-electron chi connectivity index (χ0n) is 9.80. The third-order valence-corrected chi connectivity index (χ3v) is 3.88. The van der Waals surface area contributed by atoms with Gasteiger partial charge in [0.15, 0.2) is 5.82 Å². The molecule has 2 fully saturated rings. The molecule has 3 rings (SSSR count). The van der Waals surface area contributed by atoms with Gasteiger partial charge in [-0.1, -0.05) is 18.0 Å². The second kappa shape index (κ2) is 3.84. The van der Waals surface area contributed by atoms with E-state index in [2.05, 4.69) is 5.16 Å². The fraction of sp³-hybridized carbons (Fsp3) is 0.667. The van der Waals surface area contributed by atoms with Crippen LogP contribution in [0.1, 0.15) is 31.4 Å². The molecule has 92 valence electrons. The third kappa shape index (κ3) is 1.57. The topological polar surface area (TPSA) is 66.6 Å². The number of anilines is 1. The van der Waals surface area contributed by atoms with Gasteiger partial charge in [-0.15, -0.1) is 0 Å². The summed E-state index contributed by atoms with van der Waals surface area (Å²) in [5, 5.41) is 14.1. The van der Waals surface area contributed by atoms with Crippen LogP contribution in [0.4, 0.5) is 5.82 Å². The molecule has 1 aromatic rings. The summed E-state index contributed by atoms with van der Waals surface area (Å²) in [5.41, 5.74) is 0. The standard InChI is InChI=1S/C12H16N2O3/c1-7-6-10(13-17-7)14-11(15)8-4-2-3-5-9(8)12(14)16/h6,8-9,11,15H,2-5H2,1H3. The van der Waals surface area contributed by atoms with E-state index >= 15 is 0 Å². The van der Waals surface area contributed by atoms with Crippen LogP contribution >= 0.6 is 0 Å². The summed E-state index contributed by atoms with van der Waals surface area (Å²) in [6.07, 6.45) is 3.23. The first-order chi connectivity index (χ1) is 8.18. The molecule has 0 radical (unpaired) electrons. The maximum atomic E-state index is 12.2. The summed E-state index contributed by atoms with van der Waals surface area (Å²) in [7, 11) is 0. The van der Waals surface area contributed by atoms with E-state index < -0.39 is 6.23 Å². The highest BCUT2D eigenvalue weighted by Crippen LogP contribution is 2.42. The number of aryl methyl sites for hydroxylation is 1. The Morgan fingerprint density at radius 3 is 2.88 bits per heavy atom. The summed E-state index contributed by atoms with van der Waals surface area (Å²) < 4.78 is 4.97. The van der Waals surface area contributed by atoms with E-state index in [-0.39, 0.29) is 17.7 Å². The van der Waals surface area contributed by atoms with Gasteiger partial charge in [-0.3, -0.25) is 9.69 Å². The van der Waals surface area contributed by atoms with Crippen molar-refractivity contribution in [3.8, 4) is 0 Å². The number of rotatable bonds is 1. The average Bonchev–Trinajstić information content (AvgIpc) is 2.84. The largest absolute Gasteiger partial charge is 0.373 e. The van der Waals surface area contributed by atoms with Gasteiger partial charge in [-0.05, 0) is 19.8 Å². The van der Waals surface area contributed by atoms with Crippen molar-refractivity contribution in [2.24, 2.45) is 11.8 Å². The molecule has 1 saturated carbocycles. The van der Waals surface area contributed by atoms with Gasteiger partial charge < -0.3 is 9.63 Å². The molecule has 1 N–H and O–H groups in total. The van der Waals surface area contributed by atoms with Crippen LogP contribution in [-0.4, -0.2) is 22.4 Å². The molecule has 2 heterocycles. The molecule has 0 bridgehead atoms. The van der Waals surface area contributed by atoms with Crippen LogP contribution in [0.2, 0.25) is 0 Å². The summed E-state index contributed by atoms with van der Waals surface area (Å²) in [5.74, 6) is 1.11. The van der Waals surface area contributed by atoms with Gasteiger partial charge >= 0.3 is 0 Å². The molecule has 5 heteroatoms. The van der Waals surface area contributed by atoms with Gasteiger partial charge in [0.25, 0.3) is 0 Å². The quantitative estimate of drug-likeness (QED) is 0.801. The van der Waals surface area contributed by atoms with E-state index in [0.717, 1.165) is 25.7 Å². The lowest BCUT2D eigenvalue weighted by atomic mass is 9.81. The van der Waals surface area contributed by atoms with E-state index in [9.17, 15) is 9.90 Å². The number of hydrogen-bond acceptors (Lipinski definition) is 4. The van der Waals surface area contributed by atoms with Gasteiger partial charge in [0.2, 0.25) is 5.91 Å². The minimum Gasteiger partial charge on any atom is -0.373 e. The Morgan fingerprint density at radius 1 is 1.47 bits per heavy atom. The van der Waals surface area contributed by atoms with E-state index in [1.165, 1.54) is 4.90 Å². The first-order valence-corrected chi connectivity index (χ1v) is 6.13. The first-order valence-electron chi connectivity index (χ1n) is 6.13. The predicted molar refractivity (Wildman–Crippen MR) is 60.2 cm³/mol. The van der Waals surface area contributed by atoms with Gasteiger partial charge in [0.05, 0.1) is 0 Å². The molecule has 2 aliphatic rings. The molecule has 1 aliphatic carbocycles. The monoisotopic (exact) mass is 236 g/mol. The van der Waals surface area contributed by atoms with E-state index in [4.69, 9.17) is 4.52 Å². The molecule has 1 amide bonds. The highest BCUT2D eigenvalue weighted by Gasteiger charge is 2.49. The number of amides is 1. The molecular weight excluding hydrogens is 220 g/mol. The summed E-state index contributed by atoms with van der Waals surface area (Å²) in [6.45, 7) is 1.77. The normalized spacial score (nSPS) is 32.9. The lowest BCUT2D eigenvalue weighted by Gasteiger charge is -2.24. The molecule has 0 spiro atoms. The predicted octanol–water partition coefficient (Wildman–Crippen LogP) is 1.45. The molecule has 5 nitrogen and oxygen atoms in total. The first kappa shape index (κ1) is 10.8. The SMILES string of the molecule is Cc1cc(N2C(=O)C3CCCCC3C2O)no1. The van der Waals surface area contributed by atoms with Crippen molar-refractivity contribution in [3.05, 3.63) is 11.8 Å². The van der Waals surface area contributed by atoms with Crippen LogP contribution in [0.15, 0.2) is 10.6 Å². The number of hydrogen-bond donors (Lipinski definition) is 1. The second-order valence-corrected chi connectivity index (χ2v) is 4.97. The Kier molecular flexibility index (Phi) is 2.43. The van der Waals surface area contributed by atoms with Gasteiger partial charge in [-0.2, -0.15) is 0 Å². The van der Waals surface area contributed by atoms with Crippen molar-refractivity contribution in [2.45, 2.75) is 38.8 Å². The number of aromatic nitrogens is 1. The highest BCUT2D eigenvalue weighted by atomic mass is 16.5. The van der Waals surface area contributed by atoms with Crippen LogP contribution < -0.4 is 4.90 Å². The number of fused-ring (bicyclic) bond motifs is 1. The van der Waals surface area contributed by atoms with Crippen LogP contribution in [-0.2, 0) is 4.79 Å². The Labute approximate surface area is 99.4 Å². The van der Waals surface area contributed by atoms with Crippen molar-refractivity contribution < 1.29 is 14.4 Å². The van der Waals surface area contributed by atoms with Crippen molar-refractivity contribution in [1.82, 2.24) is 5.16 Å². The average molecular weight is 236 g/mol. The molecular formula is C12H16N2O3. The fourth-order valence-corrected chi connectivity index (χ4v) is 3.04. The maximum absolute atomic E-state index is 12.2. The minimum absolute atomic E-state index is 0.00417. The van der Waals surface area contributed by atoms with Gasteiger partial charge in [0.1, 0.15) is 12.0 Å². The molecule has 3 atom stereocenters. The lowest BCUT2D eigenvalue weighted by Crippen LogP contribution is -2.35. The van der Waals surface area contributed by atoms with E-state index in [0.29, 0.717) is 11.6 Å². The number of carbonyl (C=O) groups excluding carboxylic acids is 1. The molecule has 1 aliphatic heterocycles. The third-order valence-electron chi connectivity index (χ3n) is 3.88. The smallest absolute Gasteiger partial charge is 0.233 e. The Morgan fingerprint density at radius 2 is 2.24 bits per heavy atom. The van der Waals surface area contributed by atoms with E-state index in [1.54, 1.807) is 13.0 Å². The van der Waals surface area contributed by atoms with Crippen molar-refractivity contribution in [2.75, 3.05) is 4.90 Å². The van der Waals surface area contributed by atoms with Crippen molar-refractivity contribution in [3.63, 3.8) is 0 Å². The maximum Gasteiger partial charge on any atom is 0.233 e. The summed E-state index contributed by atoms with van der Waals surface area (Å²) >= 11 is 0. The lowest BCUT2D eigenvalue weighted by molar-refractivity contribution is -0.121. The number of carbonyl (C=O) groups is 1. The van der Waals surface area contributed by atoms with Crippen LogP contribution in [0, 0.1) is 18.8 Å².